The van der Waals surface area contributed by atoms with Crippen LogP contribution in [0.1, 0.15) is 44.9 Å². The Morgan fingerprint density at radius 1 is 1.13 bits per heavy atom. The summed E-state index contributed by atoms with van der Waals surface area (Å²) in [6, 6.07) is -0.264. The van der Waals surface area contributed by atoms with Crippen LogP contribution in [0.3, 0.4) is 0 Å². The molecule has 7 heteroatoms. The number of carbonyl (C=O) groups excluding carboxylic acids is 1. The smallest absolute Gasteiger partial charge is 0.409 e. The van der Waals surface area contributed by atoms with Crippen molar-refractivity contribution in [2.75, 3.05) is 32.0 Å². The molecule has 0 unspecified atom stereocenters. The molecule has 2 saturated heterocycles. The standard InChI is InChI=1S/C16H26N2O4S/c1-2-3-13-23(20,21)18-12-8-5-9-15(18)14-22-16(19)17-10-6-4-7-11-17/h1,15H,3-14H2/t15-/m1/s1. The third-order valence-corrected chi connectivity index (χ3v) is 6.36. The van der Waals surface area contributed by atoms with E-state index in [4.69, 9.17) is 11.2 Å². The molecule has 0 aromatic carbocycles. The van der Waals surface area contributed by atoms with Crippen molar-refractivity contribution >= 4 is 16.1 Å². The first-order valence-corrected chi connectivity index (χ1v) is 10.00. The summed E-state index contributed by atoms with van der Waals surface area (Å²) in [7, 11) is -3.38. The lowest BCUT2D eigenvalue weighted by atomic mass is 10.1. The number of likely N-dealkylation sites (tertiary alicyclic amines) is 1. The molecular formula is C16H26N2O4S. The summed E-state index contributed by atoms with van der Waals surface area (Å²) in [5, 5.41) is 0. The van der Waals surface area contributed by atoms with Crippen molar-refractivity contribution in [3.8, 4) is 12.3 Å². The van der Waals surface area contributed by atoms with Crippen LogP contribution in [0.25, 0.3) is 0 Å². The Morgan fingerprint density at radius 2 is 1.83 bits per heavy atom. The summed E-state index contributed by atoms with van der Waals surface area (Å²) in [5.74, 6) is 2.33. The van der Waals surface area contributed by atoms with E-state index in [1.807, 2.05) is 0 Å². The highest BCUT2D eigenvalue weighted by atomic mass is 32.2. The number of carbonyl (C=O) groups is 1. The fourth-order valence-electron chi connectivity index (χ4n) is 3.15. The summed E-state index contributed by atoms with van der Waals surface area (Å²) in [6.45, 7) is 2.07. The average Bonchev–Trinajstić information content (AvgIpc) is 2.59. The average molecular weight is 342 g/mol. The van der Waals surface area contributed by atoms with Crippen LogP contribution in [0.4, 0.5) is 4.79 Å². The van der Waals surface area contributed by atoms with Gasteiger partial charge in [0.15, 0.2) is 0 Å². The monoisotopic (exact) mass is 342 g/mol. The first-order chi connectivity index (χ1) is 11.0. The van der Waals surface area contributed by atoms with Crippen LogP contribution in [0, 0.1) is 12.3 Å². The summed E-state index contributed by atoms with van der Waals surface area (Å²) < 4.78 is 31.6. The molecule has 0 aromatic heterocycles. The van der Waals surface area contributed by atoms with Gasteiger partial charge < -0.3 is 9.64 Å². The van der Waals surface area contributed by atoms with Crippen LogP contribution < -0.4 is 0 Å². The number of nitrogens with zero attached hydrogens (tertiary/aromatic N) is 2. The van der Waals surface area contributed by atoms with E-state index in [1.165, 1.54) is 4.31 Å². The van der Waals surface area contributed by atoms with Crippen molar-refractivity contribution in [1.82, 2.24) is 9.21 Å². The van der Waals surface area contributed by atoms with Crippen molar-refractivity contribution < 1.29 is 17.9 Å². The summed E-state index contributed by atoms with van der Waals surface area (Å²) >= 11 is 0. The maximum Gasteiger partial charge on any atom is 0.409 e. The Labute approximate surface area is 139 Å². The largest absolute Gasteiger partial charge is 0.448 e. The number of amides is 1. The second-order valence-electron chi connectivity index (χ2n) is 6.16. The van der Waals surface area contributed by atoms with Crippen molar-refractivity contribution in [2.24, 2.45) is 0 Å². The van der Waals surface area contributed by atoms with E-state index in [0.717, 1.165) is 51.6 Å². The normalized spacial score (nSPS) is 23.3. The minimum absolute atomic E-state index is 0.0416. The number of terminal acetylenes is 1. The van der Waals surface area contributed by atoms with Crippen molar-refractivity contribution in [1.29, 1.82) is 0 Å². The highest BCUT2D eigenvalue weighted by molar-refractivity contribution is 7.89. The highest BCUT2D eigenvalue weighted by Crippen LogP contribution is 2.22. The van der Waals surface area contributed by atoms with Gasteiger partial charge in [-0.1, -0.05) is 6.42 Å². The molecule has 0 radical (unpaired) electrons. The quantitative estimate of drug-likeness (QED) is 0.715. The van der Waals surface area contributed by atoms with Crippen molar-refractivity contribution in [2.45, 2.75) is 51.0 Å². The molecule has 0 spiro atoms. The Morgan fingerprint density at radius 3 is 2.52 bits per heavy atom. The van der Waals surface area contributed by atoms with Gasteiger partial charge in [-0.15, -0.1) is 12.3 Å². The van der Waals surface area contributed by atoms with E-state index in [1.54, 1.807) is 4.90 Å². The first-order valence-electron chi connectivity index (χ1n) is 8.39. The van der Waals surface area contributed by atoms with Gasteiger partial charge in [0.05, 0.1) is 11.8 Å². The van der Waals surface area contributed by atoms with E-state index >= 15 is 0 Å². The van der Waals surface area contributed by atoms with Crippen LogP contribution in [-0.2, 0) is 14.8 Å². The molecule has 0 N–H and O–H groups in total. The first kappa shape index (κ1) is 18.1. The lowest BCUT2D eigenvalue weighted by Crippen LogP contribution is -2.48. The Hall–Kier alpha value is -1.26. The predicted octanol–water partition coefficient (Wildman–Crippen LogP) is 1.82. The molecule has 2 heterocycles. The molecule has 2 aliphatic rings. The molecule has 0 saturated carbocycles. The van der Waals surface area contributed by atoms with E-state index in [2.05, 4.69) is 5.92 Å². The van der Waals surface area contributed by atoms with E-state index < -0.39 is 10.0 Å². The summed E-state index contributed by atoms with van der Waals surface area (Å²) in [6.07, 6.45) is 10.7. The SMILES string of the molecule is C#CCCS(=O)(=O)N1CCCC[C@@H]1COC(=O)N1CCCCC1. The molecule has 2 fully saturated rings. The molecule has 2 aliphatic heterocycles. The molecular weight excluding hydrogens is 316 g/mol. The molecule has 0 aliphatic carbocycles. The molecule has 1 amide bonds. The number of ether oxygens (including phenoxy) is 1. The number of sulfonamides is 1. The van der Waals surface area contributed by atoms with Gasteiger partial charge >= 0.3 is 6.09 Å². The van der Waals surface area contributed by atoms with Crippen LogP contribution >= 0.6 is 0 Å². The number of piperidine rings is 2. The lowest BCUT2D eigenvalue weighted by molar-refractivity contribution is 0.0694. The van der Waals surface area contributed by atoms with Gasteiger partial charge in [-0.05, 0) is 32.1 Å². The van der Waals surface area contributed by atoms with Gasteiger partial charge in [-0.25, -0.2) is 13.2 Å². The van der Waals surface area contributed by atoms with E-state index in [-0.39, 0.29) is 30.9 Å². The zero-order chi connectivity index (χ0) is 16.7. The second kappa shape index (κ2) is 8.55. The molecule has 6 nitrogen and oxygen atoms in total. The molecule has 130 valence electrons. The van der Waals surface area contributed by atoms with Gasteiger partial charge in [0.2, 0.25) is 10.0 Å². The van der Waals surface area contributed by atoms with Gasteiger partial charge in [0, 0.05) is 26.1 Å². The minimum atomic E-state index is -3.38. The third-order valence-electron chi connectivity index (χ3n) is 4.45. The van der Waals surface area contributed by atoms with Gasteiger partial charge in [-0.2, -0.15) is 4.31 Å². The fraction of sp³-hybridized carbons (Fsp3) is 0.812. The van der Waals surface area contributed by atoms with Crippen LogP contribution in [0.15, 0.2) is 0 Å². The molecule has 0 aromatic rings. The Kier molecular flexibility index (Phi) is 6.72. The number of rotatable bonds is 5. The van der Waals surface area contributed by atoms with Gasteiger partial charge in [0.25, 0.3) is 0 Å². The Bertz CT molecular complexity index is 535. The minimum Gasteiger partial charge on any atom is -0.448 e. The number of hydrogen-bond acceptors (Lipinski definition) is 4. The lowest BCUT2D eigenvalue weighted by Gasteiger charge is -2.35. The highest BCUT2D eigenvalue weighted by Gasteiger charge is 2.33. The zero-order valence-corrected chi connectivity index (χ0v) is 14.4. The van der Waals surface area contributed by atoms with Crippen LogP contribution in [0.2, 0.25) is 0 Å². The fourth-order valence-corrected chi connectivity index (χ4v) is 4.79. The zero-order valence-electron chi connectivity index (χ0n) is 13.6. The maximum absolute atomic E-state index is 12.4. The maximum atomic E-state index is 12.4. The molecule has 0 bridgehead atoms. The Balaban J connectivity index is 1.90. The van der Waals surface area contributed by atoms with Gasteiger partial charge in [0.1, 0.15) is 6.61 Å². The van der Waals surface area contributed by atoms with Crippen molar-refractivity contribution in [3.05, 3.63) is 0 Å². The molecule has 2 rings (SSSR count). The van der Waals surface area contributed by atoms with Crippen LogP contribution in [0.5, 0.6) is 0 Å². The second-order valence-corrected chi connectivity index (χ2v) is 8.20. The topological polar surface area (TPSA) is 66.9 Å². The predicted molar refractivity (Wildman–Crippen MR) is 88.4 cm³/mol. The summed E-state index contributed by atoms with van der Waals surface area (Å²) in [5.41, 5.74) is 0. The number of hydrogen-bond donors (Lipinski definition) is 0. The van der Waals surface area contributed by atoms with Gasteiger partial charge in [-0.3, -0.25) is 0 Å². The van der Waals surface area contributed by atoms with E-state index in [0.29, 0.717) is 6.54 Å². The van der Waals surface area contributed by atoms with E-state index in [9.17, 15) is 13.2 Å². The van der Waals surface area contributed by atoms with Crippen LogP contribution in [-0.4, -0.2) is 61.8 Å². The molecule has 1 atom stereocenters. The molecule has 23 heavy (non-hydrogen) atoms. The van der Waals surface area contributed by atoms with Crippen molar-refractivity contribution in [3.63, 3.8) is 0 Å². The summed E-state index contributed by atoms with van der Waals surface area (Å²) in [4.78, 5) is 13.8. The third kappa shape index (κ3) is 5.11.